The summed E-state index contributed by atoms with van der Waals surface area (Å²) in [7, 11) is 0. The molecule has 2 aliphatic heterocycles. The van der Waals surface area contributed by atoms with E-state index >= 15 is 32.3 Å². The van der Waals surface area contributed by atoms with E-state index in [9.17, 15) is 68.3 Å². The van der Waals surface area contributed by atoms with Gasteiger partial charge in [0.15, 0.2) is 6.10 Å². The second-order valence-electron chi connectivity index (χ2n) is 26.6. The fourth-order valence-corrected chi connectivity index (χ4v) is 13.2. The second kappa shape index (κ2) is 35.4. The van der Waals surface area contributed by atoms with Gasteiger partial charge in [0, 0.05) is 68.8 Å². The van der Waals surface area contributed by atoms with Crippen LogP contribution in [-0.2, 0) is 82.9 Å². The number of fused-ring (bicyclic) bond motifs is 2. The molecule has 0 N–H and O–H groups in total. The largest absolute Gasteiger partial charge is 0.461 e. The van der Waals surface area contributed by atoms with Crippen molar-refractivity contribution in [3.8, 4) is 46.0 Å². The lowest BCUT2D eigenvalue weighted by atomic mass is 9.80. The van der Waals surface area contributed by atoms with Crippen LogP contribution in [0.15, 0.2) is 168 Å². The molecule has 0 radical (unpaired) electrons. The Morgan fingerprint density at radius 1 is 0.367 bits per heavy atom. The minimum atomic E-state index is -6.34. The number of carbonyl (C=O) groups excluding carboxylic acids is 10. The van der Waals surface area contributed by atoms with Gasteiger partial charge in [-0.3, -0.25) is 29.0 Å². The molecule has 628 valence electrons. The van der Waals surface area contributed by atoms with E-state index < -0.39 is 230 Å². The minimum absolute atomic E-state index is 0.00823. The van der Waals surface area contributed by atoms with Crippen LogP contribution >= 0.6 is 46.4 Å². The molecule has 0 spiro atoms. The highest BCUT2D eigenvalue weighted by Gasteiger charge is 2.61. The first-order valence-corrected chi connectivity index (χ1v) is 36.8. The van der Waals surface area contributed by atoms with E-state index in [1.165, 1.54) is 97.1 Å². The van der Waals surface area contributed by atoms with Gasteiger partial charge >= 0.3 is 60.5 Å². The lowest BCUT2D eigenvalue weighted by molar-refractivity contribution is -0.314. The van der Waals surface area contributed by atoms with Gasteiger partial charge in [-0.1, -0.05) is 128 Å². The zero-order valence-electron chi connectivity index (χ0n) is 61.9. The third-order valence-corrected chi connectivity index (χ3v) is 19.1. The number of nitrogens with zero attached hydrogens (tertiary/aromatic N) is 2. The summed E-state index contributed by atoms with van der Waals surface area (Å²) in [4.78, 5) is 141. The summed E-state index contributed by atoms with van der Waals surface area (Å²) >= 11 is 22.9. The molecule has 2 heterocycles. The van der Waals surface area contributed by atoms with Crippen LogP contribution < -0.4 is 18.9 Å². The fraction of sp³-hybridized carbons (Fsp3) is 0.244. The third kappa shape index (κ3) is 19.4. The molecule has 22 nitrogen and oxygen atoms in total. The van der Waals surface area contributed by atoms with Crippen LogP contribution in [0, 0.1) is 0 Å². The number of alkyl halides is 12. The molecule has 0 saturated heterocycles. The lowest BCUT2D eigenvalue weighted by Crippen LogP contribution is -2.54. The van der Waals surface area contributed by atoms with Crippen molar-refractivity contribution in [3.63, 3.8) is 0 Å². The number of carbonyl (C=O) groups is 10. The first-order chi connectivity index (χ1) is 56.3. The molecule has 2 aliphatic rings. The number of rotatable bonds is 32. The Morgan fingerprint density at radius 2 is 0.617 bits per heavy atom. The summed E-state index contributed by atoms with van der Waals surface area (Å²) in [6.07, 6.45) is -35.3. The molecule has 4 amide bonds. The molecule has 11 rings (SSSR count). The molecule has 9 aromatic carbocycles. The van der Waals surface area contributed by atoms with Crippen LogP contribution in [0.3, 0.4) is 0 Å². The zero-order valence-corrected chi connectivity index (χ0v) is 64.9. The number of benzene rings is 9. The molecule has 0 aliphatic carbocycles. The predicted molar refractivity (Wildman–Crippen MR) is 405 cm³/mol. The molecule has 0 fully saturated rings. The number of imide groups is 2. The van der Waals surface area contributed by atoms with E-state index in [4.69, 9.17) is 84.3 Å². The molecule has 120 heavy (non-hydrogen) atoms. The van der Waals surface area contributed by atoms with Gasteiger partial charge in [-0.15, -0.1) is 0 Å². The van der Waals surface area contributed by atoms with Gasteiger partial charge in [0.25, 0.3) is 29.7 Å². The van der Waals surface area contributed by atoms with Gasteiger partial charge in [0.1, 0.15) is 78.2 Å². The molecule has 0 saturated carbocycles. The Balaban J connectivity index is 1.30. The van der Waals surface area contributed by atoms with Crippen molar-refractivity contribution in [2.24, 2.45) is 0 Å². The fourth-order valence-electron chi connectivity index (χ4n) is 13.0. The molecular weight excluding hydrogens is 1700 g/mol. The van der Waals surface area contributed by atoms with E-state index in [2.05, 4.69) is 35.8 Å². The monoisotopic (exact) mass is 1760 g/mol. The molecular formula is C82H58Cl4F12N2O20. The van der Waals surface area contributed by atoms with Crippen molar-refractivity contribution in [2.45, 2.75) is 101 Å². The van der Waals surface area contributed by atoms with Gasteiger partial charge in [0.2, 0.25) is 0 Å². The number of esters is 6. The first kappa shape index (κ1) is 88.7. The van der Waals surface area contributed by atoms with Crippen molar-refractivity contribution in [1.82, 2.24) is 9.80 Å². The summed E-state index contributed by atoms with van der Waals surface area (Å²) in [5.74, 6) is -19.0. The number of ether oxygens (including phenoxy) is 10. The SMILES string of the molecule is C=C(Cl)C(=O)OCCc1ccc(Oc2cc3c4c(cc(Oc5ccc(CCOC(=O)C(=C)Cl)cc5)c5c6c(Oc7ccc(CCOC(=O)C(=C)Cl)cc7)cc7c8c(cc(Oc9ccc(CCOC(=O)C(=C)Cl)cc9)c(c2c45)c86)C(=O)N(C(CC)C(=O)OC(C(F)(F)F)C(F)(F)F)C7=O)C(=O)N(C(CC(F)(F)F)C(=O)OC(C)C(F)(F)F)C3=O)cc1. The van der Waals surface area contributed by atoms with Gasteiger partial charge in [-0.05, 0) is 108 Å². The molecule has 9 aromatic rings. The van der Waals surface area contributed by atoms with E-state index in [0.29, 0.717) is 22.3 Å². The van der Waals surface area contributed by atoms with E-state index in [0.717, 1.165) is 31.2 Å². The Labute approximate surface area is 689 Å². The summed E-state index contributed by atoms with van der Waals surface area (Å²) in [5, 5.41) is -5.47. The smallest absolute Gasteiger partial charge is 0.434 e. The maximum absolute atomic E-state index is 15.9. The van der Waals surface area contributed by atoms with Crippen molar-refractivity contribution in [2.75, 3.05) is 26.4 Å². The zero-order chi connectivity index (χ0) is 87.7. The maximum Gasteiger partial charge on any atom is 0.434 e. The summed E-state index contributed by atoms with van der Waals surface area (Å²) in [6.45, 7) is 13.4. The van der Waals surface area contributed by atoms with Gasteiger partial charge in [0.05, 0.1) is 55.1 Å². The molecule has 0 bridgehead atoms. The van der Waals surface area contributed by atoms with Crippen molar-refractivity contribution in [3.05, 3.63) is 212 Å². The highest BCUT2D eigenvalue weighted by atomic mass is 35.5. The average molecular weight is 1760 g/mol. The number of amides is 4. The Bertz CT molecular complexity index is 5400. The van der Waals surface area contributed by atoms with Crippen molar-refractivity contribution in [1.29, 1.82) is 0 Å². The van der Waals surface area contributed by atoms with Gasteiger partial charge < -0.3 is 47.4 Å². The van der Waals surface area contributed by atoms with E-state index in [1.54, 1.807) is 0 Å². The van der Waals surface area contributed by atoms with Crippen molar-refractivity contribution < 1.29 is 148 Å². The normalized spacial score (nSPS) is 13.8. The van der Waals surface area contributed by atoms with Crippen LogP contribution in [0.5, 0.6) is 46.0 Å². The van der Waals surface area contributed by atoms with E-state index in [-0.39, 0.29) is 91.8 Å². The lowest BCUT2D eigenvalue weighted by Gasteiger charge is -2.36. The topological polar surface area (TPSA) is 269 Å². The molecule has 38 heteroatoms. The molecule has 3 unspecified atom stereocenters. The van der Waals surface area contributed by atoms with Crippen LogP contribution in [-0.4, -0.2) is 145 Å². The average Bonchev–Trinajstić information content (AvgIpc) is 0.669. The third-order valence-electron chi connectivity index (χ3n) is 18.5. The first-order valence-electron chi connectivity index (χ1n) is 35.3. The predicted octanol–water partition coefficient (Wildman–Crippen LogP) is 19.1. The summed E-state index contributed by atoms with van der Waals surface area (Å²) < 4.78 is 231. The molecule has 0 aromatic heterocycles. The standard InChI is InChI=1S/C82H58Cl4F12N2O20/c1-7-54(76(109)120-78(81(93,94)95)82(96,97)98)99-68(101)50-32-56(116-46-16-8-42(9-17-46)24-28-111-72(105)37(2)83)62-64-58(118-48-20-12-44(13-21-48)26-30-113-74(107)39(4)85)34-52-61-53(71(104)100(70(52)103)55(36-79(87,88)89)77(110)115-41(6)80(90,91)92)35-59(119-49-22-14-45(15-23-49)27-31-114-75(108)40(5)86)65(67(61)64)63-57(33-51(69(99)102)60(50)66(62)63)117-47-18-10-43(11-19-47)25-29-112-73(106)38(3)84/h8-23,32-35,41,54-55,78H,2-5,7,24-31,36H2,1,6H3. The molecule has 3 atom stereocenters. The minimum Gasteiger partial charge on any atom is -0.461 e. The van der Waals surface area contributed by atoms with Crippen LogP contribution in [0.25, 0.3) is 43.1 Å². The highest BCUT2D eigenvalue weighted by Crippen LogP contribution is 2.59. The van der Waals surface area contributed by atoms with Crippen molar-refractivity contribution >= 4 is 149 Å². The number of hydrogen-bond acceptors (Lipinski definition) is 20. The Kier molecular flexibility index (Phi) is 26.2. The van der Waals surface area contributed by atoms with Gasteiger partial charge in [-0.2, -0.15) is 52.7 Å². The summed E-state index contributed by atoms with van der Waals surface area (Å²) in [5.41, 5.74) is -1.56. The van der Waals surface area contributed by atoms with Gasteiger partial charge in [-0.25, -0.2) is 28.8 Å². The number of hydrogen-bond donors (Lipinski definition) is 0. The van der Waals surface area contributed by atoms with Crippen LogP contribution in [0.2, 0.25) is 0 Å². The second-order valence-corrected chi connectivity index (χ2v) is 28.4. The van der Waals surface area contributed by atoms with Crippen LogP contribution in [0.1, 0.15) is 90.4 Å². The summed E-state index contributed by atoms with van der Waals surface area (Å²) in [6, 6.07) is 19.5. The number of halogens is 16. The Morgan fingerprint density at radius 3 is 0.842 bits per heavy atom. The quantitative estimate of drug-likeness (QED) is 0.00721. The maximum atomic E-state index is 15.9. The highest BCUT2D eigenvalue weighted by molar-refractivity contribution is 6.46. The Hall–Kier alpha value is -12.1. The van der Waals surface area contributed by atoms with Crippen LogP contribution in [0.4, 0.5) is 52.7 Å². The van der Waals surface area contributed by atoms with E-state index in [1.807, 2.05) is 0 Å².